The first-order valence-electron chi connectivity index (χ1n) is 10.4. The molecule has 0 radical (unpaired) electrons. The molecular formula is C23H19F4N5O3. The predicted molar refractivity (Wildman–Crippen MR) is 114 cm³/mol. The Morgan fingerprint density at radius 3 is 2.71 bits per heavy atom. The molecule has 12 heteroatoms. The number of methoxy groups -OCH3 is 1. The van der Waals surface area contributed by atoms with E-state index in [0.29, 0.717) is 23.4 Å². The zero-order valence-electron chi connectivity index (χ0n) is 18.6. The van der Waals surface area contributed by atoms with Crippen molar-refractivity contribution in [3.05, 3.63) is 65.0 Å². The molecule has 1 aliphatic heterocycles. The molecule has 4 rings (SSSR count). The number of halogens is 4. The lowest BCUT2D eigenvalue weighted by Crippen LogP contribution is -2.37. The van der Waals surface area contributed by atoms with Gasteiger partial charge in [-0.25, -0.2) is 9.07 Å². The monoisotopic (exact) mass is 489 g/mol. The fraction of sp³-hybridized carbons (Fsp3) is 0.304. The van der Waals surface area contributed by atoms with Gasteiger partial charge in [0.25, 0.3) is 5.91 Å². The summed E-state index contributed by atoms with van der Waals surface area (Å²) in [5, 5.41) is 13.8. The molecule has 0 fully saturated rings. The summed E-state index contributed by atoms with van der Waals surface area (Å²) in [5.41, 5.74) is 1.48. The van der Waals surface area contributed by atoms with Crippen LogP contribution in [-0.2, 0) is 13.0 Å². The van der Waals surface area contributed by atoms with E-state index in [2.05, 4.69) is 10.1 Å². The van der Waals surface area contributed by atoms with Crippen molar-refractivity contribution in [3.8, 4) is 23.3 Å². The molecule has 0 aliphatic carbocycles. The molecule has 2 aromatic heterocycles. The van der Waals surface area contributed by atoms with Gasteiger partial charge in [-0.1, -0.05) is 0 Å². The number of carbonyl (C=O) groups is 1. The summed E-state index contributed by atoms with van der Waals surface area (Å²) in [6.45, 7) is 1.12. The average Bonchev–Trinajstić information content (AvgIpc) is 3.26. The second kappa shape index (κ2) is 9.25. The molecule has 182 valence electrons. The van der Waals surface area contributed by atoms with Gasteiger partial charge in [0, 0.05) is 37.3 Å². The van der Waals surface area contributed by atoms with Crippen molar-refractivity contribution in [2.75, 3.05) is 13.7 Å². The highest BCUT2D eigenvalue weighted by molar-refractivity contribution is 6.00. The highest BCUT2D eigenvalue weighted by Crippen LogP contribution is 2.36. The van der Waals surface area contributed by atoms with E-state index in [9.17, 15) is 27.6 Å². The van der Waals surface area contributed by atoms with Crippen LogP contribution >= 0.6 is 0 Å². The summed E-state index contributed by atoms with van der Waals surface area (Å²) >= 11 is 0. The van der Waals surface area contributed by atoms with Gasteiger partial charge < -0.3 is 14.4 Å². The Labute approximate surface area is 197 Å². The first-order valence-corrected chi connectivity index (χ1v) is 10.4. The minimum Gasteiger partial charge on any atom is -0.494 e. The Kier molecular flexibility index (Phi) is 6.34. The molecule has 1 unspecified atom stereocenters. The lowest BCUT2D eigenvalue weighted by Gasteiger charge is -2.28. The predicted octanol–water partition coefficient (Wildman–Crippen LogP) is 3.81. The molecule has 0 spiro atoms. The lowest BCUT2D eigenvalue weighted by atomic mass is 10.0. The third-order valence-electron chi connectivity index (χ3n) is 5.52. The summed E-state index contributed by atoms with van der Waals surface area (Å²) < 4.78 is 64.8. The Hall–Kier alpha value is -4.14. The van der Waals surface area contributed by atoms with Crippen LogP contribution in [0.3, 0.4) is 0 Å². The van der Waals surface area contributed by atoms with Crippen LogP contribution in [0.25, 0.3) is 5.69 Å². The highest BCUT2D eigenvalue weighted by Gasteiger charge is 2.39. The standard InChI is InChI=1S/C23H19F4N5O3/c1-13(23(25,26)27)35-19-4-3-14(8-28)21(34-2)20(19)22(33)31-6-5-18-15(11-31)12-32(30-18)17-7-16(24)9-29-10-17/h3-4,7,9-10,12-13H,5-6,11H2,1-2H3. The normalized spacial score (nSPS) is 14.1. The first-order chi connectivity index (χ1) is 16.6. The van der Waals surface area contributed by atoms with Gasteiger partial charge in [-0.3, -0.25) is 9.78 Å². The van der Waals surface area contributed by atoms with E-state index in [1.807, 2.05) is 6.07 Å². The van der Waals surface area contributed by atoms with Gasteiger partial charge in [0.15, 0.2) is 11.9 Å². The molecule has 0 saturated heterocycles. The zero-order valence-corrected chi connectivity index (χ0v) is 18.6. The van der Waals surface area contributed by atoms with E-state index in [1.54, 1.807) is 6.20 Å². The van der Waals surface area contributed by atoms with Crippen LogP contribution < -0.4 is 9.47 Å². The van der Waals surface area contributed by atoms with Crippen molar-refractivity contribution >= 4 is 5.91 Å². The Morgan fingerprint density at radius 1 is 1.29 bits per heavy atom. The number of hydrogen-bond acceptors (Lipinski definition) is 6. The third kappa shape index (κ3) is 4.75. The van der Waals surface area contributed by atoms with E-state index < -0.39 is 24.0 Å². The van der Waals surface area contributed by atoms with Gasteiger partial charge in [-0.2, -0.15) is 23.5 Å². The number of hydrogen-bond donors (Lipinski definition) is 0. The molecule has 35 heavy (non-hydrogen) atoms. The van der Waals surface area contributed by atoms with E-state index in [4.69, 9.17) is 9.47 Å². The largest absolute Gasteiger partial charge is 0.494 e. The van der Waals surface area contributed by atoms with Gasteiger partial charge in [-0.05, 0) is 19.1 Å². The summed E-state index contributed by atoms with van der Waals surface area (Å²) in [7, 11) is 1.22. The average molecular weight is 489 g/mol. The number of nitrogens with zero attached hydrogens (tertiary/aromatic N) is 5. The van der Waals surface area contributed by atoms with Crippen molar-refractivity contribution in [2.45, 2.75) is 32.2 Å². The summed E-state index contributed by atoms with van der Waals surface area (Å²) in [5.74, 6) is -1.70. The van der Waals surface area contributed by atoms with Crippen molar-refractivity contribution in [3.63, 3.8) is 0 Å². The van der Waals surface area contributed by atoms with Crippen LogP contribution in [0.5, 0.6) is 11.5 Å². The maximum Gasteiger partial charge on any atom is 0.425 e. The van der Waals surface area contributed by atoms with Gasteiger partial charge in [0.05, 0.1) is 36.4 Å². The number of benzene rings is 1. The molecule has 3 aromatic rings. The number of alkyl halides is 3. The lowest BCUT2D eigenvalue weighted by molar-refractivity contribution is -0.189. The molecule has 0 saturated carbocycles. The highest BCUT2D eigenvalue weighted by atomic mass is 19.4. The van der Waals surface area contributed by atoms with E-state index in [1.165, 1.54) is 35.0 Å². The van der Waals surface area contributed by atoms with Gasteiger partial charge in [0.1, 0.15) is 23.2 Å². The van der Waals surface area contributed by atoms with E-state index in [-0.39, 0.29) is 35.7 Å². The zero-order chi connectivity index (χ0) is 25.3. The maximum atomic E-state index is 13.6. The Balaban J connectivity index is 1.67. The van der Waals surface area contributed by atoms with Crippen LogP contribution in [0, 0.1) is 17.1 Å². The number of ether oxygens (including phenoxy) is 2. The summed E-state index contributed by atoms with van der Waals surface area (Å²) in [6, 6.07) is 5.52. The van der Waals surface area contributed by atoms with Crippen LogP contribution in [0.1, 0.15) is 34.1 Å². The number of pyridine rings is 1. The van der Waals surface area contributed by atoms with Gasteiger partial charge in [0.2, 0.25) is 0 Å². The fourth-order valence-corrected chi connectivity index (χ4v) is 3.73. The molecule has 1 aliphatic rings. The number of aromatic nitrogens is 3. The molecule has 1 atom stereocenters. The number of rotatable bonds is 5. The number of fused-ring (bicyclic) bond motifs is 1. The van der Waals surface area contributed by atoms with Crippen molar-refractivity contribution < 1.29 is 31.8 Å². The van der Waals surface area contributed by atoms with Crippen LogP contribution in [0.2, 0.25) is 0 Å². The Morgan fingerprint density at radius 2 is 2.06 bits per heavy atom. The molecule has 8 nitrogen and oxygen atoms in total. The van der Waals surface area contributed by atoms with Crippen molar-refractivity contribution in [2.24, 2.45) is 0 Å². The fourth-order valence-electron chi connectivity index (χ4n) is 3.73. The minimum atomic E-state index is -4.66. The summed E-state index contributed by atoms with van der Waals surface area (Å²) in [4.78, 5) is 18.7. The minimum absolute atomic E-state index is 0.0213. The molecule has 1 aromatic carbocycles. The molecule has 0 bridgehead atoms. The topological polar surface area (TPSA) is 93.3 Å². The Bertz CT molecular complexity index is 1320. The molecule has 3 heterocycles. The SMILES string of the molecule is COc1c(C#N)ccc(OC(C)C(F)(F)F)c1C(=O)N1CCc2nn(-c3cncc(F)c3)cc2C1. The summed E-state index contributed by atoms with van der Waals surface area (Å²) in [6.07, 6.45) is -2.37. The molecular weight excluding hydrogens is 470 g/mol. The number of nitriles is 1. The first kappa shape index (κ1) is 24.0. The van der Waals surface area contributed by atoms with Crippen LogP contribution in [0.15, 0.2) is 36.8 Å². The molecule has 0 N–H and O–H groups in total. The van der Waals surface area contributed by atoms with Crippen LogP contribution in [0.4, 0.5) is 17.6 Å². The van der Waals surface area contributed by atoms with Crippen molar-refractivity contribution in [1.29, 1.82) is 5.26 Å². The quantitative estimate of drug-likeness (QED) is 0.506. The van der Waals surface area contributed by atoms with E-state index >= 15 is 0 Å². The third-order valence-corrected chi connectivity index (χ3v) is 5.52. The number of amides is 1. The maximum absolute atomic E-state index is 13.6. The van der Waals surface area contributed by atoms with Crippen LogP contribution in [-0.4, -0.2) is 51.5 Å². The van der Waals surface area contributed by atoms with Crippen molar-refractivity contribution in [1.82, 2.24) is 19.7 Å². The second-order valence-corrected chi connectivity index (χ2v) is 7.82. The second-order valence-electron chi connectivity index (χ2n) is 7.82. The van der Waals surface area contributed by atoms with Gasteiger partial charge >= 0.3 is 6.18 Å². The smallest absolute Gasteiger partial charge is 0.425 e. The molecule has 1 amide bonds. The number of carbonyl (C=O) groups excluding carboxylic acids is 1. The van der Waals surface area contributed by atoms with E-state index in [0.717, 1.165) is 19.2 Å². The van der Waals surface area contributed by atoms with Gasteiger partial charge in [-0.15, -0.1) is 0 Å².